The fourth-order valence-corrected chi connectivity index (χ4v) is 2.18. The van der Waals surface area contributed by atoms with Gasteiger partial charge in [0.2, 0.25) is 0 Å². The number of aliphatic hydroxyl groups excluding tert-OH is 1. The van der Waals surface area contributed by atoms with Crippen LogP contribution in [0.4, 0.5) is 5.69 Å². The molecule has 0 aliphatic rings. The van der Waals surface area contributed by atoms with Gasteiger partial charge in [0.15, 0.2) is 5.96 Å². The van der Waals surface area contributed by atoms with Gasteiger partial charge in [0.1, 0.15) is 11.9 Å². The van der Waals surface area contributed by atoms with Crippen LogP contribution in [-0.4, -0.2) is 24.7 Å². The predicted molar refractivity (Wildman–Crippen MR) is 105 cm³/mol. The minimum absolute atomic E-state index is 0. The van der Waals surface area contributed by atoms with Crippen molar-refractivity contribution in [1.82, 2.24) is 0 Å². The van der Waals surface area contributed by atoms with Crippen molar-refractivity contribution in [3.63, 3.8) is 0 Å². The third kappa shape index (κ3) is 5.89. The Hall–Kier alpha value is -1.51. The SMILES string of the molecule is COc1cccc(NC(N)=NCC(O)c2ccccc2Cl)c1.I. The maximum atomic E-state index is 10.1. The zero-order valence-corrected chi connectivity index (χ0v) is 15.7. The number of nitrogens with two attached hydrogens (primary N) is 1. The van der Waals surface area contributed by atoms with Crippen molar-refractivity contribution in [1.29, 1.82) is 0 Å². The fraction of sp³-hybridized carbons (Fsp3) is 0.188. The van der Waals surface area contributed by atoms with E-state index < -0.39 is 6.10 Å². The molecule has 7 heteroatoms. The molecular weight excluding hydrogens is 429 g/mol. The van der Waals surface area contributed by atoms with Gasteiger partial charge in [-0.3, -0.25) is 4.99 Å². The molecule has 23 heavy (non-hydrogen) atoms. The number of hydrogen-bond donors (Lipinski definition) is 3. The number of rotatable bonds is 5. The van der Waals surface area contributed by atoms with Crippen molar-refractivity contribution in [2.45, 2.75) is 6.10 Å². The standard InChI is InChI=1S/C16H18ClN3O2.HI/c1-22-12-6-4-5-11(9-12)20-16(18)19-10-15(21)13-7-2-3-8-14(13)17;/h2-9,15,21H,10H2,1H3,(H3,18,19,20);1H. The quantitative estimate of drug-likeness (QED) is 0.373. The molecule has 0 aliphatic carbocycles. The summed E-state index contributed by atoms with van der Waals surface area (Å²) >= 11 is 6.03. The van der Waals surface area contributed by atoms with Crippen molar-refractivity contribution >= 4 is 47.2 Å². The van der Waals surface area contributed by atoms with E-state index in [-0.39, 0.29) is 36.5 Å². The number of aliphatic imine (C=N–C) groups is 1. The highest BCUT2D eigenvalue weighted by molar-refractivity contribution is 14.0. The number of nitrogens with zero attached hydrogens (tertiary/aromatic N) is 1. The third-order valence-corrected chi connectivity index (χ3v) is 3.39. The Morgan fingerprint density at radius 3 is 2.74 bits per heavy atom. The largest absolute Gasteiger partial charge is 0.497 e. The normalized spacial score (nSPS) is 12.2. The average molecular weight is 448 g/mol. The van der Waals surface area contributed by atoms with Gasteiger partial charge in [-0.15, -0.1) is 24.0 Å². The molecule has 0 aromatic heterocycles. The Labute approximate surface area is 157 Å². The number of halogens is 2. The second-order valence-electron chi connectivity index (χ2n) is 4.62. The number of nitrogens with one attached hydrogen (secondary N) is 1. The van der Waals surface area contributed by atoms with E-state index in [1.165, 1.54) is 0 Å². The second kappa shape index (κ2) is 9.59. The van der Waals surface area contributed by atoms with Gasteiger partial charge in [-0.1, -0.05) is 35.9 Å². The van der Waals surface area contributed by atoms with Gasteiger partial charge in [-0.2, -0.15) is 0 Å². The van der Waals surface area contributed by atoms with E-state index in [4.69, 9.17) is 22.1 Å². The summed E-state index contributed by atoms with van der Waals surface area (Å²) in [4.78, 5) is 4.13. The van der Waals surface area contributed by atoms with Crippen LogP contribution in [0.3, 0.4) is 0 Å². The number of methoxy groups -OCH3 is 1. The van der Waals surface area contributed by atoms with Crippen LogP contribution in [-0.2, 0) is 0 Å². The summed E-state index contributed by atoms with van der Waals surface area (Å²) < 4.78 is 5.13. The number of guanidine groups is 1. The Bertz CT molecular complexity index is 667. The molecule has 0 heterocycles. The molecule has 0 spiro atoms. The molecule has 0 radical (unpaired) electrons. The van der Waals surface area contributed by atoms with Crippen LogP contribution in [0.1, 0.15) is 11.7 Å². The molecule has 2 aromatic rings. The van der Waals surface area contributed by atoms with Crippen molar-refractivity contribution in [3.05, 3.63) is 59.1 Å². The van der Waals surface area contributed by atoms with Crippen LogP contribution < -0.4 is 15.8 Å². The lowest BCUT2D eigenvalue weighted by molar-refractivity contribution is 0.187. The molecule has 0 aliphatic heterocycles. The van der Waals surface area contributed by atoms with E-state index in [1.807, 2.05) is 24.3 Å². The first kappa shape index (κ1) is 19.5. The van der Waals surface area contributed by atoms with Gasteiger partial charge in [0.25, 0.3) is 0 Å². The monoisotopic (exact) mass is 447 g/mol. The van der Waals surface area contributed by atoms with Crippen LogP contribution in [0.2, 0.25) is 5.02 Å². The van der Waals surface area contributed by atoms with E-state index in [9.17, 15) is 5.11 Å². The Morgan fingerprint density at radius 1 is 1.30 bits per heavy atom. The summed E-state index contributed by atoms with van der Waals surface area (Å²) in [6.07, 6.45) is -0.806. The fourth-order valence-electron chi connectivity index (χ4n) is 1.92. The van der Waals surface area contributed by atoms with Crippen LogP contribution in [0.25, 0.3) is 0 Å². The van der Waals surface area contributed by atoms with Crippen molar-refractivity contribution < 1.29 is 9.84 Å². The van der Waals surface area contributed by atoms with Crippen molar-refractivity contribution in [3.8, 4) is 5.75 Å². The topological polar surface area (TPSA) is 79.9 Å². The molecule has 0 amide bonds. The number of anilines is 1. The van der Waals surface area contributed by atoms with Gasteiger partial charge >= 0.3 is 0 Å². The molecule has 5 nitrogen and oxygen atoms in total. The molecule has 4 N–H and O–H groups in total. The highest BCUT2D eigenvalue weighted by atomic mass is 127. The summed E-state index contributed by atoms with van der Waals surface area (Å²) in [6, 6.07) is 14.4. The summed E-state index contributed by atoms with van der Waals surface area (Å²) in [5, 5.41) is 13.5. The van der Waals surface area contributed by atoms with Crippen LogP contribution >= 0.6 is 35.6 Å². The molecule has 0 saturated heterocycles. The first-order valence-electron chi connectivity index (χ1n) is 6.73. The molecule has 124 valence electrons. The number of hydrogen-bond acceptors (Lipinski definition) is 3. The predicted octanol–water partition coefficient (Wildman–Crippen LogP) is 3.43. The highest BCUT2D eigenvalue weighted by Crippen LogP contribution is 2.22. The minimum atomic E-state index is -0.806. The molecule has 0 saturated carbocycles. The van der Waals surface area contributed by atoms with E-state index in [1.54, 1.807) is 31.4 Å². The summed E-state index contributed by atoms with van der Waals surface area (Å²) in [7, 11) is 1.59. The van der Waals surface area contributed by atoms with Crippen LogP contribution in [0.5, 0.6) is 5.75 Å². The molecule has 2 rings (SSSR count). The number of benzene rings is 2. The summed E-state index contributed by atoms with van der Waals surface area (Å²) in [5.74, 6) is 0.924. The maximum Gasteiger partial charge on any atom is 0.193 e. The second-order valence-corrected chi connectivity index (χ2v) is 5.03. The highest BCUT2D eigenvalue weighted by Gasteiger charge is 2.10. The smallest absolute Gasteiger partial charge is 0.193 e. The lowest BCUT2D eigenvalue weighted by Gasteiger charge is -2.11. The number of aliphatic hydroxyl groups is 1. The molecule has 1 unspecified atom stereocenters. The van der Waals surface area contributed by atoms with E-state index in [0.29, 0.717) is 16.3 Å². The Balaban J connectivity index is 0.00000264. The van der Waals surface area contributed by atoms with Gasteiger partial charge in [0, 0.05) is 22.3 Å². The van der Waals surface area contributed by atoms with Gasteiger partial charge < -0.3 is 20.9 Å². The molecule has 1 atom stereocenters. The lowest BCUT2D eigenvalue weighted by atomic mass is 10.1. The number of ether oxygens (including phenoxy) is 1. The first-order chi connectivity index (χ1) is 10.6. The summed E-state index contributed by atoms with van der Waals surface area (Å²) in [6.45, 7) is 0.118. The summed E-state index contributed by atoms with van der Waals surface area (Å²) in [5.41, 5.74) is 7.20. The average Bonchev–Trinajstić information content (AvgIpc) is 2.53. The zero-order chi connectivity index (χ0) is 15.9. The lowest BCUT2D eigenvalue weighted by Crippen LogP contribution is -2.23. The van der Waals surface area contributed by atoms with E-state index in [2.05, 4.69) is 10.3 Å². The third-order valence-electron chi connectivity index (χ3n) is 3.04. The van der Waals surface area contributed by atoms with Gasteiger partial charge in [-0.05, 0) is 18.2 Å². The van der Waals surface area contributed by atoms with E-state index in [0.717, 1.165) is 5.69 Å². The first-order valence-corrected chi connectivity index (χ1v) is 7.11. The van der Waals surface area contributed by atoms with Crippen molar-refractivity contribution in [2.24, 2.45) is 10.7 Å². The van der Waals surface area contributed by atoms with Gasteiger partial charge in [0.05, 0.1) is 13.7 Å². The molecule has 0 fully saturated rings. The van der Waals surface area contributed by atoms with Crippen LogP contribution in [0.15, 0.2) is 53.5 Å². The maximum absolute atomic E-state index is 10.1. The van der Waals surface area contributed by atoms with Crippen LogP contribution in [0, 0.1) is 0 Å². The Morgan fingerprint density at radius 2 is 2.04 bits per heavy atom. The molecular formula is C16H19ClIN3O2. The molecule has 2 aromatic carbocycles. The zero-order valence-electron chi connectivity index (χ0n) is 12.6. The van der Waals surface area contributed by atoms with E-state index >= 15 is 0 Å². The van der Waals surface area contributed by atoms with Gasteiger partial charge in [-0.25, -0.2) is 0 Å². The Kier molecular flexibility index (Phi) is 8.15. The van der Waals surface area contributed by atoms with Crippen molar-refractivity contribution in [2.75, 3.05) is 19.0 Å². The molecule has 0 bridgehead atoms. The minimum Gasteiger partial charge on any atom is -0.497 e.